The van der Waals surface area contributed by atoms with Crippen LogP contribution >= 0.6 is 0 Å². The van der Waals surface area contributed by atoms with Crippen molar-refractivity contribution in [2.75, 3.05) is 11.9 Å². The zero-order valence-electron chi connectivity index (χ0n) is 10.6. The zero-order chi connectivity index (χ0) is 14.4. The van der Waals surface area contributed by atoms with Crippen molar-refractivity contribution in [2.45, 2.75) is 0 Å². The molecule has 0 fully saturated rings. The zero-order valence-corrected chi connectivity index (χ0v) is 10.6. The molecule has 4 heteroatoms. The Kier molecular flexibility index (Phi) is 4.48. The van der Waals surface area contributed by atoms with Crippen molar-refractivity contribution >= 4 is 11.6 Å². The smallest absolute Gasteiger partial charge is 0.255 e. The van der Waals surface area contributed by atoms with Crippen molar-refractivity contribution in [3.05, 3.63) is 65.5 Å². The quantitative estimate of drug-likeness (QED) is 0.823. The van der Waals surface area contributed by atoms with Crippen LogP contribution in [0, 0.1) is 17.7 Å². The molecule has 0 unspecified atom stereocenters. The summed E-state index contributed by atoms with van der Waals surface area (Å²) in [7, 11) is 0. The summed E-state index contributed by atoms with van der Waals surface area (Å²) in [5.74, 6) is 4.46. The van der Waals surface area contributed by atoms with Crippen LogP contribution in [0.5, 0.6) is 0 Å². The van der Waals surface area contributed by atoms with Gasteiger partial charge in [-0.25, -0.2) is 4.39 Å². The molecule has 1 amide bonds. The highest BCUT2D eigenvalue weighted by Crippen LogP contribution is 2.11. The number of aliphatic hydroxyl groups excluding tert-OH is 1. The van der Waals surface area contributed by atoms with E-state index < -0.39 is 5.82 Å². The van der Waals surface area contributed by atoms with Crippen molar-refractivity contribution in [1.82, 2.24) is 0 Å². The van der Waals surface area contributed by atoms with Crippen molar-refractivity contribution < 1.29 is 14.3 Å². The van der Waals surface area contributed by atoms with E-state index in [9.17, 15) is 9.18 Å². The summed E-state index contributed by atoms with van der Waals surface area (Å²) in [5.41, 5.74) is 1.59. The molecule has 3 nitrogen and oxygen atoms in total. The summed E-state index contributed by atoms with van der Waals surface area (Å²) >= 11 is 0. The van der Waals surface area contributed by atoms with E-state index in [4.69, 9.17) is 5.11 Å². The standard InChI is InChI=1S/C16H12FNO2/c17-14-5-1-4-13(11-14)16(20)18-15-8-6-12(7-9-15)3-2-10-19/h1,4-9,11,19H,10H2,(H,18,20). The first kappa shape index (κ1) is 13.8. The Morgan fingerprint density at radius 1 is 1.20 bits per heavy atom. The Bertz CT molecular complexity index is 669. The third-order valence-corrected chi connectivity index (χ3v) is 2.54. The van der Waals surface area contributed by atoms with Gasteiger partial charge in [0.2, 0.25) is 0 Å². The van der Waals surface area contributed by atoms with Gasteiger partial charge in [0.15, 0.2) is 0 Å². The van der Waals surface area contributed by atoms with Crippen molar-refractivity contribution in [3.63, 3.8) is 0 Å². The lowest BCUT2D eigenvalue weighted by Gasteiger charge is -2.05. The Hall–Kier alpha value is -2.64. The normalized spacial score (nSPS) is 9.50. The summed E-state index contributed by atoms with van der Waals surface area (Å²) < 4.78 is 13.0. The third kappa shape index (κ3) is 3.67. The number of carbonyl (C=O) groups excluding carboxylic acids is 1. The molecule has 0 aromatic heterocycles. The van der Waals surface area contributed by atoms with Gasteiger partial charge in [0.05, 0.1) is 0 Å². The molecule has 0 heterocycles. The van der Waals surface area contributed by atoms with Crippen LogP contribution in [0.15, 0.2) is 48.5 Å². The first-order valence-corrected chi connectivity index (χ1v) is 5.96. The number of anilines is 1. The fourth-order valence-corrected chi connectivity index (χ4v) is 1.61. The number of halogens is 1. The van der Waals surface area contributed by atoms with Gasteiger partial charge in [0.25, 0.3) is 5.91 Å². The molecule has 0 aliphatic carbocycles. The summed E-state index contributed by atoms with van der Waals surface area (Å²) in [5, 5.41) is 11.3. The monoisotopic (exact) mass is 269 g/mol. The van der Waals surface area contributed by atoms with Crippen LogP contribution in [0.2, 0.25) is 0 Å². The van der Waals surface area contributed by atoms with Gasteiger partial charge in [-0.05, 0) is 42.5 Å². The highest BCUT2D eigenvalue weighted by Gasteiger charge is 2.06. The maximum absolute atomic E-state index is 13.0. The van der Waals surface area contributed by atoms with E-state index in [0.29, 0.717) is 5.69 Å². The first-order chi connectivity index (χ1) is 9.69. The van der Waals surface area contributed by atoms with Crippen molar-refractivity contribution in [3.8, 4) is 11.8 Å². The Morgan fingerprint density at radius 3 is 2.60 bits per heavy atom. The Balaban J connectivity index is 2.08. The molecule has 2 rings (SSSR count). The second-order valence-electron chi connectivity index (χ2n) is 4.00. The molecule has 0 bridgehead atoms. The number of benzene rings is 2. The molecular weight excluding hydrogens is 257 g/mol. The van der Waals surface area contributed by atoms with Crippen LogP contribution in [-0.4, -0.2) is 17.6 Å². The minimum absolute atomic E-state index is 0.196. The third-order valence-electron chi connectivity index (χ3n) is 2.54. The Labute approximate surface area is 116 Å². The molecule has 0 saturated carbocycles. The minimum atomic E-state index is -0.452. The van der Waals surface area contributed by atoms with Crippen LogP contribution in [-0.2, 0) is 0 Å². The van der Waals surface area contributed by atoms with E-state index in [1.807, 2.05) is 0 Å². The summed E-state index contributed by atoms with van der Waals surface area (Å²) in [6, 6.07) is 12.3. The highest BCUT2D eigenvalue weighted by molar-refractivity contribution is 6.04. The second kappa shape index (κ2) is 6.50. The van der Waals surface area contributed by atoms with E-state index >= 15 is 0 Å². The molecule has 0 aliphatic rings. The van der Waals surface area contributed by atoms with Gasteiger partial charge >= 0.3 is 0 Å². The van der Waals surface area contributed by atoms with Crippen LogP contribution in [0.3, 0.4) is 0 Å². The maximum Gasteiger partial charge on any atom is 0.255 e. The first-order valence-electron chi connectivity index (χ1n) is 5.96. The van der Waals surface area contributed by atoms with E-state index in [2.05, 4.69) is 17.2 Å². The fourth-order valence-electron chi connectivity index (χ4n) is 1.61. The second-order valence-corrected chi connectivity index (χ2v) is 4.00. The van der Waals surface area contributed by atoms with Gasteiger partial charge < -0.3 is 10.4 Å². The molecule has 0 spiro atoms. The molecule has 0 aliphatic heterocycles. The predicted octanol–water partition coefficient (Wildman–Crippen LogP) is 2.42. The summed E-state index contributed by atoms with van der Waals surface area (Å²) in [6.45, 7) is -0.196. The fraction of sp³-hybridized carbons (Fsp3) is 0.0625. The number of rotatable bonds is 2. The molecule has 0 atom stereocenters. The summed E-state index contributed by atoms with van der Waals surface area (Å²) in [4.78, 5) is 11.9. The lowest BCUT2D eigenvalue weighted by atomic mass is 10.2. The minimum Gasteiger partial charge on any atom is -0.384 e. The van der Waals surface area contributed by atoms with Gasteiger partial charge in [0, 0.05) is 16.8 Å². The van der Waals surface area contributed by atoms with Gasteiger partial charge in [-0.15, -0.1) is 0 Å². The number of aliphatic hydroxyl groups is 1. The van der Waals surface area contributed by atoms with Crippen molar-refractivity contribution in [2.24, 2.45) is 0 Å². The topological polar surface area (TPSA) is 49.3 Å². The van der Waals surface area contributed by atoms with Crippen LogP contribution < -0.4 is 5.32 Å². The molecule has 0 saturated heterocycles. The SMILES string of the molecule is O=C(Nc1ccc(C#CCO)cc1)c1cccc(F)c1. The average Bonchev–Trinajstić information content (AvgIpc) is 2.46. The Morgan fingerprint density at radius 2 is 1.95 bits per heavy atom. The van der Waals surface area contributed by atoms with Gasteiger partial charge in [-0.3, -0.25) is 4.79 Å². The lowest BCUT2D eigenvalue weighted by molar-refractivity contribution is 0.102. The van der Waals surface area contributed by atoms with Gasteiger partial charge in [-0.2, -0.15) is 0 Å². The molecular formula is C16H12FNO2. The molecule has 20 heavy (non-hydrogen) atoms. The molecule has 2 N–H and O–H groups in total. The van der Waals surface area contributed by atoms with E-state index in [1.54, 1.807) is 30.3 Å². The van der Waals surface area contributed by atoms with Crippen LogP contribution in [0.25, 0.3) is 0 Å². The molecule has 0 radical (unpaired) electrons. The molecule has 2 aromatic carbocycles. The van der Waals surface area contributed by atoms with E-state index in [-0.39, 0.29) is 18.1 Å². The number of hydrogen-bond donors (Lipinski definition) is 2. The summed E-state index contributed by atoms with van der Waals surface area (Å²) in [6.07, 6.45) is 0. The van der Waals surface area contributed by atoms with Crippen LogP contribution in [0.4, 0.5) is 10.1 Å². The molecule has 100 valence electrons. The van der Waals surface area contributed by atoms with E-state index in [0.717, 1.165) is 5.56 Å². The number of hydrogen-bond acceptors (Lipinski definition) is 2. The van der Waals surface area contributed by atoms with Gasteiger partial charge in [0.1, 0.15) is 12.4 Å². The van der Waals surface area contributed by atoms with Gasteiger partial charge in [-0.1, -0.05) is 17.9 Å². The maximum atomic E-state index is 13.0. The lowest BCUT2D eigenvalue weighted by Crippen LogP contribution is -2.11. The predicted molar refractivity (Wildman–Crippen MR) is 74.8 cm³/mol. The number of amides is 1. The van der Waals surface area contributed by atoms with Crippen LogP contribution in [0.1, 0.15) is 15.9 Å². The largest absolute Gasteiger partial charge is 0.384 e. The van der Waals surface area contributed by atoms with Crippen molar-refractivity contribution in [1.29, 1.82) is 0 Å². The van der Waals surface area contributed by atoms with E-state index in [1.165, 1.54) is 18.2 Å². The number of nitrogens with one attached hydrogen (secondary N) is 1. The number of carbonyl (C=O) groups is 1. The molecule has 2 aromatic rings. The highest BCUT2D eigenvalue weighted by atomic mass is 19.1. The average molecular weight is 269 g/mol.